The maximum Gasteiger partial charge on any atom is 0.410 e. The zero-order chi connectivity index (χ0) is 17.6. The fourth-order valence-electron chi connectivity index (χ4n) is 4.00. The third kappa shape index (κ3) is 3.11. The van der Waals surface area contributed by atoms with Crippen molar-refractivity contribution in [1.29, 1.82) is 0 Å². The van der Waals surface area contributed by atoms with Crippen molar-refractivity contribution in [3.05, 3.63) is 28.8 Å². The third-order valence-electron chi connectivity index (χ3n) is 4.99. The summed E-state index contributed by atoms with van der Waals surface area (Å²) in [5, 5.41) is 0. The van der Waals surface area contributed by atoms with Gasteiger partial charge in [0.05, 0.1) is 0 Å². The topological polar surface area (TPSA) is 32.8 Å². The molecule has 1 atom stereocenters. The Morgan fingerprint density at radius 1 is 1.25 bits per heavy atom. The molecular weight excluding hydrogens is 300 g/mol. The van der Waals surface area contributed by atoms with Crippen LogP contribution in [0.5, 0.6) is 0 Å². The van der Waals surface area contributed by atoms with E-state index < -0.39 is 5.60 Å². The second kappa shape index (κ2) is 5.98. The zero-order valence-electron chi connectivity index (χ0n) is 15.8. The molecule has 2 heterocycles. The molecule has 2 aliphatic heterocycles. The Kier molecular flexibility index (Phi) is 4.27. The van der Waals surface area contributed by atoms with Crippen LogP contribution in [0.25, 0.3) is 0 Å². The quantitative estimate of drug-likeness (QED) is 0.776. The van der Waals surface area contributed by atoms with Crippen LogP contribution in [0.3, 0.4) is 0 Å². The summed E-state index contributed by atoms with van der Waals surface area (Å²) in [5.74, 6) is 0.894. The van der Waals surface area contributed by atoms with Gasteiger partial charge in [-0.25, -0.2) is 4.79 Å². The van der Waals surface area contributed by atoms with Crippen LogP contribution < -0.4 is 4.90 Å². The van der Waals surface area contributed by atoms with E-state index >= 15 is 0 Å². The highest BCUT2D eigenvalue weighted by molar-refractivity contribution is 5.72. The first-order valence-electron chi connectivity index (χ1n) is 9.02. The highest BCUT2D eigenvalue weighted by Gasteiger charge is 2.36. The van der Waals surface area contributed by atoms with Crippen molar-refractivity contribution < 1.29 is 9.53 Å². The van der Waals surface area contributed by atoms with E-state index in [1.54, 1.807) is 0 Å². The summed E-state index contributed by atoms with van der Waals surface area (Å²) < 4.78 is 5.60. The standard InChI is InChI=1S/C20H30N2O2/c1-13(2)16-8-7-14-9-10-22(19(23)24-20(3,4)5)12-15-11-21(6)18(16)17(14)15/h7-8,13,15H,9-12H2,1-6H3. The van der Waals surface area contributed by atoms with Crippen LogP contribution in [-0.4, -0.2) is 43.3 Å². The van der Waals surface area contributed by atoms with Gasteiger partial charge in [0.2, 0.25) is 0 Å². The average Bonchev–Trinajstić information content (AvgIpc) is 2.67. The number of likely N-dealkylation sites (N-methyl/N-ethyl adjacent to an activating group) is 1. The number of amides is 1. The van der Waals surface area contributed by atoms with Gasteiger partial charge < -0.3 is 14.5 Å². The largest absolute Gasteiger partial charge is 0.444 e. The van der Waals surface area contributed by atoms with Crippen molar-refractivity contribution in [2.45, 2.75) is 58.5 Å². The molecule has 0 radical (unpaired) electrons. The van der Waals surface area contributed by atoms with E-state index in [0.717, 1.165) is 26.1 Å². The van der Waals surface area contributed by atoms with Gasteiger partial charge in [-0.1, -0.05) is 26.0 Å². The molecule has 4 nitrogen and oxygen atoms in total. The van der Waals surface area contributed by atoms with Gasteiger partial charge in [-0.3, -0.25) is 0 Å². The van der Waals surface area contributed by atoms with Gasteiger partial charge in [0.1, 0.15) is 5.60 Å². The molecular formula is C20H30N2O2. The maximum absolute atomic E-state index is 12.5. The molecule has 0 aromatic heterocycles. The minimum Gasteiger partial charge on any atom is -0.444 e. The van der Waals surface area contributed by atoms with Gasteiger partial charge in [0, 0.05) is 38.3 Å². The second-order valence-electron chi connectivity index (χ2n) is 8.48. The minimum atomic E-state index is -0.446. The van der Waals surface area contributed by atoms with E-state index in [2.05, 4.69) is 37.9 Å². The summed E-state index contributed by atoms with van der Waals surface area (Å²) in [6.07, 6.45) is 0.722. The number of ether oxygens (including phenoxy) is 1. The van der Waals surface area contributed by atoms with Crippen LogP contribution in [0.1, 0.15) is 63.1 Å². The summed E-state index contributed by atoms with van der Waals surface area (Å²) >= 11 is 0. The summed E-state index contributed by atoms with van der Waals surface area (Å²) in [5.41, 5.74) is 5.24. The van der Waals surface area contributed by atoms with E-state index in [1.165, 1.54) is 22.4 Å². The van der Waals surface area contributed by atoms with Crippen LogP contribution in [0, 0.1) is 0 Å². The summed E-state index contributed by atoms with van der Waals surface area (Å²) in [6.45, 7) is 12.7. The summed E-state index contributed by atoms with van der Waals surface area (Å²) in [4.78, 5) is 16.8. The second-order valence-corrected chi connectivity index (χ2v) is 8.48. The molecule has 0 bridgehead atoms. The molecule has 0 fully saturated rings. The monoisotopic (exact) mass is 330 g/mol. The summed E-state index contributed by atoms with van der Waals surface area (Å²) in [6, 6.07) is 4.56. The molecule has 0 N–H and O–H groups in total. The van der Waals surface area contributed by atoms with Crippen LogP contribution >= 0.6 is 0 Å². The van der Waals surface area contributed by atoms with E-state index in [-0.39, 0.29) is 6.09 Å². The molecule has 1 amide bonds. The van der Waals surface area contributed by atoms with Crippen LogP contribution in [0.4, 0.5) is 10.5 Å². The number of rotatable bonds is 1. The lowest BCUT2D eigenvalue weighted by Crippen LogP contribution is -2.39. The molecule has 0 saturated heterocycles. The van der Waals surface area contributed by atoms with Gasteiger partial charge in [-0.05, 0) is 49.8 Å². The van der Waals surface area contributed by atoms with E-state index in [9.17, 15) is 4.79 Å². The Hall–Kier alpha value is -1.71. The number of hydrogen-bond acceptors (Lipinski definition) is 3. The number of carbonyl (C=O) groups excluding carboxylic acids is 1. The van der Waals surface area contributed by atoms with Crippen LogP contribution in [0.2, 0.25) is 0 Å². The Balaban J connectivity index is 1.91. The molecule has 24 heavy (non-hydrogen) atoms. The predicted octanol–water partition coefficient (Wildman–Crippen LogP) is 4.14. The molecule has 0 saturated carbocycles. The molecule has 0 aliphatic carbocycles. The van der Waals surface area contributed by atoms with E-state index in [0.29, 0.717) is 11.8 Å². The average molecular weight is 330 g/mol. The Bertz CT molecular complexity index is 646. The normalized spacial score (nSPS) is 20.2. The molecule has 3 rings (SSSR count). The SMILES string of the molecule is CC(C)c1ccc2c3c1N(C)CC3CN(C(=O)OC(C)(C)C)CC2. The summed E-state index contributed by atoms with van der Waals surface area (Å²) in [7, 11) is 2.17. The lowest BCUT2D eigenvalue weighted by atomic mass is 9.90. The highest BCUT2D eigenvalue weighted by Crippen LogP contribution is 2.44. The molecule has 4 heteroatoms. The molecule has 1 unspecified atom stereocenters. The smallest absolute Gasteiger partial charge is 0.410 e. The molecule has 132 valence electrons. The van der Waals surface area contributed by atoms with Crippen molar-refractivity contribution in [2.75, 3.05) is 31.6 Å². The predicted molar refractivity (Wildman–Crippen MR) is 98.1 cm³/mol. The first kappa shape index (κ1) is 17.1. The maximum atomic E-state index is 12.5. The highest BCUT2D eigenvalue weighted by atomic mass is 16.6. The minimum absolute atomic E-state index is 0.185. The molecule has 0 spiro atoms. The zero-order valence-corrected chi connectivity index (χ0v) is 15.8. The lowest BCUT2D eigenvalue weighted by Gasteiger charge is -2.28. The van der Waals surface area contributed by atoms with E-state index in [4.69, 9.17) is 4.74 Å². The molecule has 1 aromatic rings. The Morgan fingerprint density at radius 3 is 2.58 bits per heavy atom. The van der Waals surface area contributed by atoms with Crippen LogP contribution in [0.15, 0.2) is 12.1 Å². The van der Waals surface area contributed by atoms with Gasteiger partial charge in [-0.2, -0.15) is 0 Å². The number of anilines is 1. The fourth-order valence-corrected chi connectivity index (χ4v) is 4.00. The van der Waals surface area contributed by atoms with Gasteiger partial charge >= 0.3 is 6.09 Å². The third-order valence-corrected chi connectivity index (χ3v) is 4.99. The molecule has 2 aliphatic rings. The molecule has 1 aromatic carbocycles. The fraction of sp³-hybridized carbons (Fsp3) is 0.650. The van der Waals surface area contributed by atoms with Crippen molar-refractivity contribution >= 4 is 11.8 Å². The first-order valence-corrected chi connectivity index (χ1v) is 9.02. The lowest BCUT2D eigenvalue weighted by molar-refractivity contribution is 0.0248. The number of nitrogens with zero attached hydrogens (tertiary/aromatic N) is 2. The van der Waals surface area contributed by atoms with Crippen molar-refractivity contribution in [1.82, 2.24) is 4.90 Å². The van der Waals surface area contributed by atoms with Crippen molar-refractivity contribution in [3.63, 3.8) is 0 Å². The van der Waals surface area contributed by atoms with Crippen molar-refractivity contribution in [3.8, 4) is 0 Å². The Labute approximate surface area is 145 Å². The Morgan fingerprint density at radius 2 is 1.96 bits per heavy atom. The van der Waals surface area contributed by atoms with E-state index in [1.807, 2.05) is 25.7 Å². The van der Waals surface area contributed by atoms with Crippen molar-refractivity contribution in [2.24, 2.45) is 0 Å². The van der Waals surface area contributed by atoms with Crippen LogP contribution in [-0.2, 0) is 11.2 Å². The van der Waals surface area contributed by atoms with Gasteiger partial charge in [0.15, 0.2) is 0 Å². The van der Waals surface area contributed by atoms with Gasteiger partial charge in [0.25, 0.3) is 0 Å². The number of benzene rings is 1. The van der Waals surface area contributed by atoms with Gasteiger partial charge in [-0.15, -0.1) is 0 Å². The number of hydrogen-bond donors (Lipinski definition) is 0. The number of carbonyl (C=O) groups is 1. The first-order chi connectivity index (χ1) is 11.2.